The van der Waals surface area contributed by atoms with E-state index in [4.69, 9.17) is 0 Å². The van der Waals surface area contributed by atoms with Gasteiger partial charge < -0.3 is 9.47 Å². The lowest BCUT2D eigenvalue weighted by atomic mass is 9.96. The molecule has 0 amide bonds. The van der Waals surface area contributed by atoms with Gasteiger partial charge in [-0.2, -0.15) is 0 Å². The first kappa shape index (κ1) is 18.6. The third-order valence-electron chi connectivity index (χ3n) is 5.62. The predicted octanol–water partition coefficient (Wildman–Crippen LogP) is 1.99. The molecule has 146 valence electrons. The summed E-state index contributed by atoms with van der Waals surface area (Å²) in [6.45, 7) is 3.98. The van der Waals surface area contributed by atoms with E-state index in [1.54, 1.807) is 29.4 Å². The highest BCUT2D eigenvalue weighted by atomic mass is 16.1. The fraction of sp³-hybridized carbons (Fsp3) is 0.429. The van der Waals surface area contributed by atoms with Gasteiger partial charge in [-0.25, -0.2) is 9.97 Å². The molecule has 7 nitrogen and oxygen atoms in total. The molecule has 3 aromatic heterocycles. The SMILES string of the molecule is Cn1cncc1CCN1CCC(Cn2cnc(-c3ccncc3)cc2=O)CC1. The van der Waals surface area contributed by atoms with Crippen molar-refractivity contribution in [2.24, 2.45) is 13.0 Å². The Labute approximate surface area is 164 Å². The minimum atomic E-state index is 0.0143. The molecule has 3 aromatic rings. The van der Waals surface area contributed by atoms with Crippen LogP contribution in [0.1, 0.15) is 18.5 Å². The number of rotatable bonds is 6. The molecule has 28 heavy (non-hydrogen) atoms. The number of pyridine rings is 1. The summed E-state index contributed by atoms with van der Waals surface area (Å²) in [7, 11) is 2.04. The van der Waals surface area contributed by atoms with Crippen LogP contribution in [0.3, 0.4) is 0 Å². The van der Waals surface area contributed by atoms with Crippen molar-refractivity contribution in [3.8, 4) is 11.3 Å². The maximum Gasteiger partial charge on any atom is 0.253 e. The van der Waals surface area contributed by atoms with Crippen LogP contribution < -0.4 is 5.56 Å². The second-order valence-corrected chi connectivity index (χ2v) is 7.53. The molecule has 0 spiro atoms. The van der Waals surface area contributed by atoms with Crippen LogP contribution in [0.5, 0.6) is 0 Å². The largest absolute Gasteiger partial charge is 0.338 e. The molecule has 1 fully saturated rings. The van der Waals surface area contributed by atoms with Crippen molar-refractivity contribution in [3.63, 3.8) is 0 Å². The van der Waals surface area contributed by atoms with Gasteiger partial charge in [-0.3, -0.25) is 14.3 Å². The van der Waals surface area contributed by atoms with Gasteiger partial charge >= 0.3 is 0 Å². The molecule has 0 saturated carbocycles. The van der Waals surface area contributed by atoms with Gasteiger partial charge in [0.25, 0.3) is 5.56 Å². The molecule has 1 aliphatic rings. The Balaban J connectivity index is 1.30. The molecule has 0 aromatic carbocycles. The lowest BCUT2D eigenvalue weighted by Gasteiger charge is -2.32. The van der Waals surface area contributed by atoms with E-state index in [9.17, 15) is 4.79 Å². The van der Waals surface area contributed by atoms with Gasteiger partial charge in [-0.1, -0.05) is 0 Å². The molecule has 0 bridgehead atoms. The fourth-order valence-electron chi connectivity index (χ4n) is 3.81. The van der Waals surface area contributed by atoms with E-state index in [2.05, 4.69) is 24.4 Å². The van der Waals surface area contributed by atoms with Gasteiger partial charge in [-0.15, -0.1) is 0 Å². The van der Waals surface area contributed by atoms with E-state index >= 15 is 0 Å². The van der Waals surface area contributed by atoms with Crippen LogP contribution in [0, 0.1) is 5.92 Å². The van der Waals surface area contributed by atoms with Gasteiger partial charge in [0.05, 0.1) is 18.3 Å². The Morgan fingerprint density at radius 2 is 1.89 bits per heavy atom. The highest BCUT2D eigenvalue weighted by molar-refractivity contribution is 5.57. The van der Waals surface area contributed by atoms with Crippen molar-refractivity contribution in [1.29, 1.82) is 0 Å². The maximum atomic E-state index is 12.5. The molecule has 0 aliphatic carbocycles. The lowest BCUT2D eigenvalue weighted by molar-refractivity contribution is 0.174. The van der Waals surface area contributed by atoms with E-state index in [1.807, 2.05) is 31.7 Å². The zero-order chi connectivity index (χ0) is 19.3. The average molecular weight is 378 g/mol. The fourth-order valence-corrected chi connectivity index (χ4v) is 3.81. The summed E-state index contributed by atoms with van der Waals surface area (Å²) in [5.41, 5.74) is 2.91. The minimum absolute atomic E-state index is 0.0143. The number of piperidine rings is 1. The van der Waals surface area contributed by atoms with Crippen molar-refractivity contribution in [2.45, 2.75) is 25.8 Å². The Hall–Kier alpha value is -2.80. The first-order chi connectivity index (χ1) is 13.7. The predicted molar refractivity (Wildman–Crippen MR) is 108 cm³/mol. The average Bonchev–Trinajstić information content (AvgIpc) is 3.14. The molecule has 0 atom stereocenters. The highest BCUT2D eigenvalue weighted by Gasteiger charge is 2.20. The lowest BCUT2D eigenvalue weighted by Crippen LogP contribution is -2.37. The Bertz CT molecular complexity index is 956. The summed E-state index contributed by atoms with van der Waals surface area (Å²) in [5, 5.41) is 0. The van der Waals surface area contributed by atoms with E-state index in [0.717, 1.165) is 51.0 Å². The van der Waals surface area contributed by atoms with E-state index in [1.165, 1.54) is 5.69 Å². The molecule has 1 saturated heterocycles. The topological polar surface area (TPSA) is 68.8 Å². The Kier molecular flexibility index (Phi) is 5.62. The van der Waals surface area contributed by atoms with Crippen LogP contribution in [0.15, 0.2) is 54.2 Å². The summed E-state index contributed by atoms with van der Waals surface area (Å²) in [6.07, 6.45) is 12.2. The summed E-state index contributed by atoms with van der Waals surface area (Å²) in [5.74, 6) is 0.527. The van der Waals surface area contributed by atoms with Crippen LogP contribution in [0.25, 0.3) is 11.3 Å². The smallest absolute Gasteiger partial charge is 0.253 e. The van der Waals surface area contributed by atoms with Gasteiger partial charge in [0.15, 0.2) is 0 Å². The molecule has 0 radical (unpaired) electrons. The summed E-state index contributed by atoms with van der Waals surface area (Å²) >= 11 is 0. The number of imidazole rings is 1. The normalized spacial score (nSPS) is 15.8. The molecular formula is C21H26N6O. The van der Waals surface area contributed by atoms with Crippen molar-refractivity contribution >= 4 is 0 Å². The molecule has 0 unspecified atom stereocenters. The van der Waals surface area contributed by atoms with Gasteiger partial charge in [-0.05, 0) is 44.0 Å². The quantitative estimate of drug-likeness (QED) is 0.656. The molecule has 1 aliphatic heterocycles. The Morgan fingerprint density at radius 3 is 2.57 bits per heavy atom. The highest BCUT2D eigenvalue weighted by Crippen LogP contribution is 2.19. The summed E-state index contributed by atoms with van der Waals surface area (Å²) < 4.78 is 3.84. The number of hydrogen-bond acceptors (Lipinski definition) is 5. The minimum Gasteiger partial charge on any atom is -0.338 e. The first-order valence-electron chi connectivity index (χ1n) is 9.83. The standard InChI is InChI=1S/C21H26N6O/c1-25-15-23-13-19(25)6-11-26-9-4-17(5-10-26)14-27-16-24-20(12-21(27)28)18-2-7-22-8-3-18/h2-3,7-8,12-13,15-17H,4-6,9-11,14H2,1H3. The number of aryl methyl sites for hydroxylation is 1. The molecule has 4 heterocycles. The summed E-state index contributed by atoms with van der Waals surface area (Å²) in [4.78, 5) is 27.7. The number of hydrogen-bond donors (Lipinski definition) is 0. The number of nitrogens with zero attached hydrogens (tertiary/aromatic N) is 6. The molecule has 0 N–H and O–H groups in total. The number of likely N-dealkylation sites (tertiary alicyclic amines) is 1. The van der Waals surface area contributed by atoms with Crippen LogP contribution in [0.4, 0.5) is 0 Å². The van der Waals surface area contributed by atoms with E-state index in [0.29, 0.717) is 11.6 Å². The maximum absolute atomic E-state index is 12.5. The molecular weight excluding hydrogens is 352 g/mol. The number of aromatic nitrogens is 5. The third-order valence-corrected chi connectivity index (χ3v) is 5.62. The van der Waals surface area contributed by atoms with Crippen molar-refractivity contribution in [3.05, 3.63) is 65.5 Å². The third kappa shape index (κ3) is 4.36. The van der Waals surface area contributed by atoms with Crippen molar-refractivity contribution in [2.75, 3.05) is 19.6 Å². The Morgan fingerprint density at radius 1 is 1.11 bits per heavy atom. The van der Waals surface area contributed by atoms with E-state index in [-0.39, 0.29) is 5.56 Å². The van der Waals surface area contributed by atoms with Crippen molar-refractivity contribution < 1.29 is 0 Å². The van der Waals surface area contributed by atoms with Gasteiger partial charge in [0.2, 0.25) is 0 Å². The molecule has 7 heteroatoms. The van der Waals surface area contributed by atoms with Crippen molar-refractivity contribution in [1.82, 2.24) is 29.0 Å². The first-order valence-corrected chi connectivity index (χ1v) is 9.83. The second-order valence-electron chi connectivity index (χ2n) is 7.53. The monoisotopic (exact) mass is 378 g/mol. The van der Waals surface area contributed by atoms with Crippen LogP contribution >= 0.6 is 0 Å². The van der Waals surface area contributed by atoms with Gasteiger partial charge in [0.1, 0.15) is 0 Å². The van der Waals surface area contributed by atoms with Crippen LogP contribution in [-0.2, 0) is 20.0 Å². The zero-order valence-electron chi connectivity index (χ0n) is 16.2. The van der Waals surface area contributed by atoms with Gasteiger partial charge in [0, 0.05) is 62.5 Å². The van der Waals surface area contributed by atoms with Crippen LogP contribution in [0.2, 0.25) is 0 Å². The zero-order valence-corrected chi connectivity index (χ0v) is 16.2. The van der Waals surface area contributed by atoms with Crippen LogP contribution in [-0.4, -0.2) is 48.6 Å². The van der Waals surface area contributed by atoms with E-state index < -0.39 is 0 Å². The summed E-state index contributed by atoms with van der Waals surface area (Å²) in [6, 6.07) is 5.36. The molecule has 4 rings (SSSR count). The second kappa shape index (κ2) is 8.48.